The Morgan fingerprint density at radius 2 is 2.05 bits per heavy atom. The third-order valence-corrected chi connectivity index (χ3v) is 3.20. The van der Waals surface area contributed by atoms with Gasteiger partial charge in [-0.1, -0.05) is 35.0 Å². The van der Waals surface area contributed by atoms with Crippen molar-refractivity contribution in [3.05, 3.63) is 34.3 Å². The van der Waals surface area contributed by atoms with E-state index in [0.29, 0.717) is 6.42 Å². The van der Waals surface area contributed by atoms with Gasteiger partial charge in [-0.2, -0.15) is 0 Å². The van der Waals surface area contributed by atoms with E-state index < -0.39 is 18.0 Å². The minimum absolute atomic E-state index is 0.205. The second-order valence-corrected chi connectivity index (χ2v) is 5.11. The van der Waals surface area contributed by atoms with Crippen molar-refractivity contribution < 1.29 is 14.7 Å². The summed E-state index contributed by atoms with van der Waals surface area (Å²) in [4.78, 5) is 22.5. The molecule has 1 aromatic carbocycles. The summed E-state index contributed by atoms with van der Waals surface area (Å²) in [5.41, 5.74) is 0.938. The zero-order chi connectivity index (χ0) is 14.4. The molecule has 0 fully saturated rings. The quantitative estimate of drug-likeness (QED) is 0.777. The highest BCUT2D eigenvalue weighted by molar-refractivity contribution is 9.10. The third kappa shape index (κ3) is 4.90. The van der Waals surface area contributed by atoms with Crippen LogP contribution >= 0.6 is 15.9 Å². The molecule has 1 unspecified atom stereocenters. The Morgan fingerprint density at radius 1 is 1.37 bits per heavy atom. The van der Waals surface area contributed by atoms with Gasteiger partial charge in [-0.25, -0.2) is 9.59 Å². The van der Waals surface area contributed by atoms with Gasteiger partial charge in [0.2, 0.25) is 0 Å². The Kier molecular flexibility index (Phi) is 5.82. The number of hydrogen-bond acceptors (Lipinski definition) is 2. The SMILES string of the molecule is CC[C@H](NC(=O)NC(C)c1cccc(Br)c1)C(=O)O. The van der Waals surface area contributed by atoms with Gasteiger partial charge in [0, 0.05) is 4.47 Å². The van der Waals surface area contributed by atoms with E-state index in [4.69, 9.17) is 5.11 Å². The van der Waals surface area contributed by atoms with Crippen LogP contribution in [0, 0.1) is 0 Å². The molecule has 0 radical (unpaired) electrons. The van der Waals surface area contributed by atoms with E-state index in [1.165, 1.54) is 0 Å². The molecule has 0 heterocycles. The van der Waals surface area contributed by atoms with Gasteiger partial charge in [-0.05, 0) is 31.0 Å². The second-order valence-electron chi connectivity index (χ2n) is 4.19. The standard InChI is InChI=1S/C13H17BrN2O3/c1-3-11(12(17)18)16-13(19)15-8(2)9-5-4-6-10(14)7-9/h4-8,11H,3H2,1-2H3,(H,17,18)(H2,15,16,19)/t8?,11-/m0/s1. The molecule has 104 valence electrons. The lowest BCUT2D eigenvalue weighted by Crippen LogP contribution is -2.46. The zero-order valence-corrected chi connectivity index (χ0v) is 12.4. The number of urea groups is 1. The molecule has 2 amide bonds. The van der Waals surface area contributed by atoms with Crippen molar-refractivity contribution in [3.63, 3.8) is 0 Å². The largest absolute Gasteiger partial charge is 0.480 e. The van der Waals surface area contributed by atoms with Crippen molar-refractivity contribution in [1.82, 2.24) is 10.6 Å². The van der Waals surface area contributed by atoms with Crippen LogP contribution in [0.2, 0.25) is 0 Å². The maximum absolute atomic E-state index is 11.7. The average molecular weight is 329 g/mol. The fourth-order valence-corrected chi connectivity index (χ4v) is 2.01. The summed E-state index contributed by atoms with van der Waals surface area (Å²) in [5.74, 6) is -1.03. The van der Waals surface area contributed by atoms with E-state index in [2.05, 4.69) is 26.6 Å². The van der Waals surface area contributed by atoms with Gasteiger partial charge in [0.1, 0.15) is 6.04 Å². The molecule has 0 saturated carbocycles. The van der Waals surface area contributed by atoms with Crippen LogP contribution < -0.4 is 10.6 Å². The fraction of sp³-hybridized carbons (Fsp3) is 0.385. The van der Waals surface area contributed by atoms with E-state index in [-0.39, 0.29) is 6.04 Å². The maximum atomic E-state index is 11.7. The lowest BCUT2D eigenvalue weighted by molar-refractivity contribution is -0.139. The van der Waals surface area contributed by atoms with Crippen LogP contribution in [0.3, 0.4) is 0 Å². The first-order chi connectivity index (χ1) is 8.93. The summed E-state index contributed by atoms with van der Waals surface area (Å²) >= 11 is 3.36. The number of carboxylic acids is 1. The molecule has 19 heavy (non-hydrogen) atoms. The summed E-state index contributed by atoms with van der Waals surface area (Å²) < 4.78 is 0.927. The first-order valence-corrected chi connectivity index (χ1v) is 6.78. The molecule has 0 aromatic heterocycles. The predicted octanol–water partition coefficient (Wildman–Crippen LogP) is 2.67. The van der Waals surface area contributed by atoms with Crippen molar-refractivity contribution in [3.8, 4) is 0 Å². The first kappa shape index (κ1) is 15.5. The third-order valence-electron chi connectivity index (χ3n) is 2.71. The molecular formula is C13H17BrN2O3. The number of nitrogens with one attached hydrogen (secondary N) is 2. The van der Waals surface area contributed by atoms with E-state index in [9.17, 15) is 9.59 Å². The zero-order valence-electron chi connectivity index (χ0n) is 10.8. The number of halogens is 1. The van der Waals surface area contributed by atoms with Gasteiger partial charge in [-0.3, -0.25) is 0 Å². The van der Waals surface area contributed by atoms with Gasteiger partial charge in [0.05, 0.1) is 6.04 Å². The maximum Gasteiger partial charge on any atom is 0.326 e. The molecule has 1 rings (SSSR count). The minimum Gasteiger partial charge on any atom is -0.480 e. The van der Waals surface area contributed by atoms with Crippen molar-refractivity contribution in [1.29, 1.82) is 0 Å². The van der Waals surface area contributed by atoms with Gasteiger partial charge in [0.15, 0.2) is 0 Å². The highest BCUT2D eigenvalue weighted by Gasteiger charge is 2.18. The van der Waals surface area contributed by atoms with Crippen molar-refractivity contribution in [2.24, 2.45) is 0 Å². The summed E-state index contributed by atoms with van der Waals surface area (Å²) in [6.45, 7) is 3.54. The lowest BCUT2D eigenvalue weighted by Gasteiger charge is -2.18. The van der Waals surface area contributed by atoms with Crippen LogP contribution in [-0.2, 0) is 4.79 Å². The minimum atomic E-state index is -1.03. The number of benzene rings is 1. The Bertz CT molecular complexity index is 465. The molecule has 0 aliphatic heterocycles. The lowest BCUT2D eigenvalue weighted by atomic mass is 10.1. The molecule has 2 atom stereocenters. The smallest absolute Gasteiger partial charge is 0.326 e. The van der Waals surface area contributed by atoms with Gasteiger partial charge < -0.3 is 15.7 Å². The van der Waals surface area contributed by atoms with E-state index >= 15 is 0 Å². The van der Waals surface area contributed by atoms with Gasteiger partial charge in [-0.15, -0.1) is 0 Å². The molecule has 0 saturated heterocycles. The van der Waals surface area contributed by atoms with E-state index in [1.54, 1.807) is 6.92 Å². The Balaban J connectivity index is 2.59. The van der Waals surface area contributed by atoms with Crippen LogP contribution in [0.4, 0.5) is 4.79 Å². The monoisotopic (exact) mass is 328 g/mol. The number of carbonyl (C=O) groups excluding carboxylic acids is 1. The molecule has 5 nitrogen and oxygen atoms in total. The number of carboxylic acid groups (broad SMARTS) is 1. The summed E-state index contributed by atoms with van der Waals surface area (Å²) in [7, 11) is 0. The average Bonchev–Trinajstić information content (AvgIpc) is 2.35. The second kappa shape index (κ2) is 7.13. The summed E-state index contributed by atoms with van der Waals surface area (Å²) in [6, 6.07) is 6.01. The summed E-state index contributed by atoms with van der Waals surface area (Å²) in [6.07, 6.45) is 0.341. The van der Waals surface area contributed by atoms with Crippen molar-refractivity contribution in [2.45, 2.75) is 32.4 Å². The van der Waals surface area contributed by atoms with Crippen LogP contribution in [0.25, 0.3) is 0 Å². The Labute approximate surface area is 120 Å². The summed E-state index contributed by atoms with van der Waals surface area (Å²) in [5, 5.41) is 14.0. The number of carbonyl (C=O) groups is 2. The molecule has 0 aliphatic carbocycles. The van der Waals surface area contributed by atoms with Crippen LogP contribution in [0.5, 0.6) is 0 Å². The van der Waals surface area contributed by atoms with Crippen LogP contribution in [0.1, 0.15) is 31.9 Å². The highest BCUT2D eigenvalue weighted by Crippen LogP contribution is 2.17. The Morgan fingerprint density at radius 3 is 2.58 bits per heavy atom. The Hall–Kier alpha value is -1.56. The number of aliphatic carboxylic acids is 1. The molecule has 0 bridgehead atoms. The molecule has 1 aromatic rings. The normalized spacial score (nSPS) is 13.4. The molecule has 6 heteroatoms. The topological polar surface area (TPSA) is 78.4 Å². The van der Waals surface area contributed by atoms with Crippen LogP contribution in [0.15, 0.2) is 28.7 Å². The first-order valence-electron chi connectivity index (χ1n) is 5.99. The van der Waals surface area contributed by atoms with Crippen molar-refractivity contribution in [2.75, 3.05) is 0 Å². The molecular weight excluding hydrogens is 312 g/mol. The van der Waals surface area contributed by atoms with Gasteiger partial charge in [0.25, 0.3) is 0 Å². The molecule has 0 aliphatic rings. The van der Waals surface area contributed by atoms with Crippen molar-refractivity contribution >= 4 is 27.9 Å². The molecule has 3 N–H and O–H groups in total. The fourth-order valence-electron chi connectivity index (χ4n) is 1.59. The highest BCUT2D eigenvalue weighted by atomic mass is 79.9. The molecule has 0 spiro atoms. The predicted molar refractivity (Wildman–Crippen MR) is 75.9 cm³/mol. The number of rotatable bonds is 5. The number of amides is 2. The van der Waals surface area contributed by atoms with Crippen LogP contribution in [-0.4, -0.2) is 23.1 Å². The van der Waals surface area contributed by atoms with E-state index in [1.807, 2.05) is 31.2 Å². The number of hydrogen-bond donors (Lipinski definition) is 3. The van der Waals surface area contributed by atoms with E-state index in [0.717, 1.165) is 10.0 Å². The van der Waals surface area contributed by atoms with Gasteiger partial charge >= 0.3 is 12.0 Å².